The van der Waals surface area contributed by atoms with Crippen LogP contribution in [0.2, 0.25) is 0 Å². The van der Waals surface area contributed by atoms with E-state index in [4.69, 9.17) is 4.74 Å². The van der Waals surface area contributed by atoms with Gasteiger partial charge in [0.2, 0.25) is 5.88 Å². The number of nitrogens with one attached hydrogen (secondary N) is 1. The third-order valence-electron chi connectivity index (χ3n) is 1.76. The van der Waals surface area contributed by atoms with Gasteiger partial charge in [-0.15, -0.1) is 0 Å². The summed E-state index contributed by atoms with van der Waals surface area (Å²) >= 11 is 0. The highest BCUT2D eigenvalue weighted by Crippen LogP contribution is 2.21. The van der Waals surface area contributed by atoms with Gasteiger partial charge in [0, 0.05) is 12.7 Å². The molecule has 0 aliphatic heterocycles. The van der Waals surface area contributed by atoms with Gasteiger partial charge in [0.25, 0.3) is 0 Å². The minimum Gasteiger partial charge on any atom is -0.473 e. The fourth-order valence-electron chi connectivity index (χ4n) is 1.13. The Hall–Kier alpha value is -1.51. The van der Waals surface area contributed by atoms with E-state index < -0.39 is 0 Å². The molecule has 0 unspecified atom stereocenters. The fourth-order valence-corrected chi connectivity index (χ4v) is 1.13. The zero-order chi connectivity index (χ0) is 11.1. The largest absolute Gasteiger partial charge is 0.473 e. The number of anilines is 1. The number of pyridine rings is 1. The first-order valence-corrected chi connectivity index (χ1v) is 5.20. The van der Waals surface area contributed by atoms with Crippen LogP contribution in [0.3, 0.4) is 0 Å². The van der Waals surface area contributed by atoms with Crippen LogP contribution in [0.25, 0.3) is 0 Å². The number of ether oxygens (including phenoxy) is 1. The lowest BCUT2D eigenvalue weighted by Crippen LogP contribution is -2.09. The van der Waals surface area contributed by atoms with E-state index in [1.807, 2.05) is 45.1 Å². The van der Waals surface area contributed by atoms with Crippen LogP contribution in [0, 0.1) is 0 Å². The molecule has 3 heteroatoms. The second-order valence-corrected chi connectivity index (χ2v) is 3.47. The van der Waals surface area contributed by atoms with Crippen molar-refractivity contribution >= 4 is 5.69 Å². The second-order valence-electron chi connectivity index (χ2n) is 3.47. The highest BCUT2D eigenvalue weighted by molar-refractivity contribution is 5.52. The first-order chi connectivity index (χ1) is 7.24. The third-order valence-corrected chi connectivity index (χ3v) is 1.76. The van der Waals surface area contributed by atoms with Crippen molar-refractivity contribution in [3.05, 3.63) is 30.5 Å². The van der Waals surface area contributed by atoms with Crippen molar-refractivity contribution in [1.29, 1.82) is 0 Å². The SMILES string of the molecule is C/C=C/CNc1cccnc1OC(C)C. The molecule has 0 amide bonds. The molecule has 3 nitrogen and oxygen atoms in total. The summed E-state index contributed by atoms with van der Waals surface area (Å²) in [5.74, 6) is 0.664. The molecule has 1 heterocycles. The molecule has 0 radical (unpaired) electrons. The lowest BCUT2D eigenvalue weighted by Gasteiger charge is -2.13. The first kappa shape index (κ1) is 11.6. The number of allylic oxidation sites excluding steroid dienone is 1. The van der Waals surface area contributed by atoms with Crippen LogP contribution < -0.4 is 10.1 Å². The summed E-state index contributed by atoms with van der Waals surface area (Å²) in [6.45, 7) is 6.77. The normalized spacial score (nSPS) is 10.9. The Morgan fingerprint density at radius 2 is 2.33 bits per heavy atom. The predicted octanol–water partition coefficient (Wildman–Crippen LogP) is 2.86. The van der Waals surface area contributed by atoms with Crippen LogP contribution in [-0.4, -0.2) is 17.6 Å². The monoisotopic (exact) mass is 206 g/mol. The molecule has 0 fully saturated rings. The molecule has 0 aromatic carbocycles. The molecule has 0 saturated heterocycles. The van der Waals surface area contributed by atoms with Crippen LogP contribution in [0.15, 0.2) is 30.5 Å². The van der Waals surface area contributed by atoms with Crippen LogP contribution in [0.1, 0.15) is 20.8 Å². The number of hydrogen-bond acceptors (Lipinski definition) is 3. The molecular weight excluding hydrogens is 188 g/mol. The van der Waals surface area contributed by atoms with Crippen molar-refractivity contribution in [1.82, 2.24) is 4.98 Å². The van der Waals surface area contributed by atoms with Crippen molar-refractivity contribution in [2.24, 2.45) is 0 Å². The first-order valence-electron chi connectivity index (χ1n) is 5.20. The maximum absolute atomic E-state index is 5.58. The molecule has 0 aliphatic rings. The fraction of sp³-hybridized carbons (Fsp3) is 0.417. The summed E-state index contributed by atoms with van der Waals surface area (Å²) in [7, 11) is 0. The summed E-state index contributed by atoms with van der Waals surface area (Å²) < 4.78 is 5.58. The number of hydrogen-bond donors (Lipinski definition) is 1. The van der Waals surface area contributed by atoms with E-state index in [2.05, 4.69) is 10.3 Å². The Morgan fingerprint density at radius 3 is 3.00 bits per heavy atom. The van der Waals surface area contributed by atoms with E-state index in [-0.39, 0.29) is 6.10 Å². The van der Waals surface area contributed by atoms with E-state index >= 15 is 0 Å². The van der Waals surface area contributed by atoms with Gasteiger partial charge in [-0.05, 0) is 32.9 Å². The molecule has 0 bridgehead atoms. The number of nitrogens with zero attached hydrogens (tertiary/aromatic N) is 1. The molecule has 0 saturated carbocycles. The van der Waals surface area contributed by atoms with Crippen LogP contribution in [0.5, 0.6) is 5.88 Å². The molecule has 15 heavy (non-hydrogen) atoms. The Morgan fingerprint density at radius 1 is 1.53 bits per heavy atom. The van der Waals surface area contributed by atoms with Crippen LogP contribution >= 0.6 is 0 Å². The maximum Gasteiger partial charge on any atom is 0.237 e. The molecule has 0 aliphatic carbocycles. The van der Waals surface area contributed by atoms with Gasteiger partial charge in [0.05, 0.1) is 11.8 Å². The molecule has 1 aromatic heterocycles. The molecule has 0 atom stereocenters. The van der Waals surface area contributed by atoms with Gasteiger partial charge in [0.1, 0.15) is 0 Å². The molecule has 1 rings (SSSR count). The predicted molar refractivity (Wildman–Crippen MR) is 63.3 cm³/mol. The molecule has 82 valence electrons. The van der Waals surface area contributed by atoms with Gasteiger partial charge >= 0.3 is 0 Å². The second kappa shape index (κ2) is 6.06. The Kier molecular flexibility index (Phi) is 4.68. The Labute approximate surface area is 91.2 Å². The molecular formula is C12H18N2O. The average Bonchev–Trinajstić information content (AvgIpc) is 2.20. The van der Waals surface area contributed by atoms with E-state index in [1.165, 1.54) is 0 Å². The number of rotatable bonds is 5. The van der Waals surface area contributed by atoms with Gasteiger partial charge in [-0.3, -0.25) is 0 Å². The zero-order valence-electron chi connectivity index (χ0n) is 9.53. The van der Waals surface area contributed by atoms with Gasteiger partial charge in [-0.2, -0.15) is 0 Å². The summed E-state index contributed by atoms with van der Waals surface area (Å²) in [4.78, 5) is 4.19. The van der Waals surface area contributed by atoms with Crippen molar-refractivity contribution in [2.75, 3.05) is 11.9 Å². The quantitative estimate of drug-likeness (QED) is 0.752. The van der Waals surface area contributed by atoms with E-state index in [9.17, 15) is 0 Å². The number of aromatic nitrogens is 1. The van der Waals surface area contributed by atoms with Gasteiger partial charge in [-0.25, -0.2) is 4.98 Å². The van der Waals surface area contributed by atoms with Crippen molar-refractivity contribution in [2.45, 2.75) is 26.9 Å². The topological polar surface area (TPSA) is 34.2 Å². The summed E-state index contributed by atoms with van der Waals surface area (Å²) in [5, 5.41) is 3.25. The summed E-state index contributed by atoms with van der Waals surface area (Å²) in [5.41, 5.74) is 0.935. The van der Waals surface area contributed by atoms with Crippen LogP contribution in [0.4, 0.5) is 5.69 Å². The maximum atomic E-state index is 5.58. The Bertz CT molecular complexity index is 321. The summed E-state index contributed by atoms with van der Waals surface area (Å²) in [6.07, 6.45) is 5.93. The standard InChI is InChI=1S/C12H18N2O/c1-4-5-8-13-11-7-6-9-14-12(11)15-10(2)3/h4-7,9-10,13H,8H2,1-3H3/b5-4+. The average molecular weight is 206 g/mol. The summed E-state index contributed by atoms with van der Waals surface area (Å²) in [6, 6.07) is 3.86. The minimum absolute atomic E-state index is 0.141. The van der Waals surface area contributed by atoms with Gasteiger partial charge in [-0.1, -0.05) is 12.2 Å². The highest BCUT2D eigenvalue weighted by atomic mass is 16.5. The molecule has 1 aromatic rings. The lowest BCUT2D eigenvalue weighted by molar-refractivity contribution is 0.234. The van der Waals surface area contributed by atoms with Crippen molar-refractivity contribution < 1.29 is 4.74 Å². The van der Waals surface area contributed by atoms with Gasteiger partial charge in [0.15, 0.2) is 0 Å². The highest BCUT2D eigenvalue weighted by Gasteiger charge is 2.04. The zero-order valence-corrected chi connectivity index (χ0v) is 9.53. The van der Waals surface area contributed by atoms with E-state index in [1.54, 1.807) is 6.20 Å². The van der Waals surface area contributed by atoms with Gasteiger partial charge < -0.3 is 10.1 Å². The van der Waals surface area contributed by atoms with E-state index in [0.29, 0.717) is 5.88 Å². The molecule has 1 N–H and O–H groups in total. The molecule has 0 spiro atoms. The minimum atomic E-state index is 0.141. The van der Waals surface area contributed by atoms with Crippen molar-refractivity contribution in [3.8, 4) is 5.88 Å². The third kappa shape index (κ3) is 4.02. The lowest BCUT2D eigenvalue weighted by atomic mass is 10.4. The van der Waals surface area contributed by atoms with Crippen molar-refractivity contribution in [3.63, 3.8) is 0 Å². The smallest absolute Gasteiger partial charge is 0.237 e. The van der Waals surface area contributed by atoms with Crippen LogP contribution in [-0.2, 0) is 0 Å². The Balaban J connectivity index is 2.68. The van der Waals surface area contributed by atoms with E-state index in [0.717, 1.165) is 12.2 Å².